The third-order valence-corrected chi connectivity index (χ3v) is 2.29. The van der Waals surface area contributed by atoms with Crippen LogP contribution in [-0.4, -0.2) is 21.3 Å². The molecule has 0 unspecified atom stereocenters. The molecule has 2 aromatic heterocycles. The molecule has 1 amide bonds. The van der Waals surface area contributed by atoms with Crippen molar-refractivity contribution < 1.29 is 9.53 Å². The maximum Gasteiger partial charge on any atom is 0.412 e. The van der Waals surface area contributed by atoms with Gasteiger partial charge in [0, 0.05) is 11.9 Å². The Balaban J connectivity index is 2.22. The zero-order valence-electron chi connectivity index (χ0n) is 11.0. The minimum Gasteiger partial charge on any atom is -0.444 e. The molecule has 6 heteroatoms. The highest BCUT2D eigenvalue weighted by atomic mass is 16.6. The van der Waals surface area contributed by atoms with Crippen LogP contribution in [-0.2, 0) is 4.74 Å². The zero-order valence-corrected chi connectivity index (χ0v) is 11.0. The summed E-state index contributed by atoms with van der Waals surface area (Å²) in [7, 11) is 0. The van der Waals surface area contributed by atoms with Crippen LogP contribution in [0, 0.1) is 11.3 Å². The average Bonchev–Trinajstić information content (AvgIpc) is 2.68. The van der Waals surface area contributed by atoms with Gasteiger partial charge >= 0.3 is 6.09 Å². The van der Waals surface area contributed by atoms with Crippen molar-refractivity contribution >= 4 is 17.3 Å². The van der Waals surface area contributed by atoms with E-state index >= 15 is 0 Å². The van der Waals surface area contributed by atoms with E-state index in [4.69, 9.17) is 10.00 Å². The number of ether oxygens (including phenoxy) is 1. The number of nitrogens with one attached hydrogen (secondary N) is 1. The molecule has 0 fully saturated rings. The van der Waals surface area contributed by atoms with E-state index in [0.29, 0.717) is 16.8 Å². The van der Waals surface area contributed by atoms with E-state index in [-0.39, 0.29) is 0 Å². The highest BCUT2D eigenvalue weighted by Crippen LogP contribution is 2.16. The first-order chi connectivity index (χ1) is 8.89. The van der Waals surface area contributed by atoms with Crippen molar-refractivity contribution in [3.63, 3.8) is 0 Å². The number of anilines is 1. The second-order valence-corrected chi connectivity index (χ2v) is 5.04. The van der Waals surface area contributed by atoms with Gasteiger partial charge in [-0.15, -0.1) is 0 Å². The molecule has 2 aromatic rings. The normalized spacial score (nSPS) is 11.1. The van der Waals surface area contributed by atoms with Crippen LogP contribution in [0.25, 0.3) is 5.52 Å². The summed E-state index contributed by atoms with van der Waals surface area (Å²) in [6.07, 6.45) is 2.62. The maximum atomic E-state index is 11.6. The molecular formula is C13H14N4O2. The lowest BCUT2D eigenvalue weighted by atomic mass is 10.2. The van der Waals surface area contributed by atoms with Crippen LogP contribution >= 0.6 is 0 Å². The van der Waals surface area contributed by atoms with Gasteiger partial charge in [-0.1, -0.05) is 0 Å². The lowest BCUT2D eigenvalue weighted by Gasteiger charge is -2.19. The summed E-state index contributed by atoms with van der Waals surface area (Å²) in [5.41, 5.74) is 1.09. The number of amides is 1. The number of carbonyl (C=O) groups is 1. The van der Waals surface area contributed by atoms with Crippen LogP contribution < -0.4 is 5.32 Å². The van der Waals surface area contributed by atoms with Gasteiger partial charge < -0.3 is 4.74 Å². The van der Waals surface area contributed by atoms with Gasteiger partial charge in [-0.3, -0.25) is 5.32 Å². The zero-order chi connectivity index (χ0) is 14.0. The summed E-state index contributed by atoms with van der Waals surface area (Å²) in [6, 6.07) is 5.40. The SMILES string of the molecule is CC(C)(C)OC(=O)Nc1ccn2ncc(C#N)c2c1. The van der Waals surface area contributed by atoms with Gasteiger partial charge in [0.2, 0.25) is 0 Å². The topological polar surface area (TPSA) is 79.4 Å². The fourth-order valence-corrected chi connectivity index (χ4v) is 1.57. The molecule has 0 spiro atoms. The summed E-state index contributed by atoms with van der Waals surface area (Å²) in [5, 5.41) is 15.6. The number of carbonyl (C=O) groups excluding carboxylic acids is 1. The Bertz CT molecular complexity index is 661. The lowest BCUT2D eigenvalue weighted by molar-refractivity contribution is 0.0636. The average molecular weight is 258 g/mol. The van der Waals surface area contributed by atoms with Gasteiger partial charge in [0.25, 0.3) is 0 Å². The summed E-state index contributed by atoms with van der Waals surface area (Å²) >= 11 is 0. The molecule has 0 atom stereocenters. The Labute approximate surface area is 110 Å². The highest BCUT2D eigenvalue weighted by Gasteiger charge is 2.16. The molecule has 0 saturated heterocycles. The van der Waals surface area contributed by atoms with E-state index in [1.165, 1.54) is 6.20 Å². The maximum absolute atomic E-state index is 11.6. The Hall–Kier alpha value is -2.55. The first-order valence-electron chi connectivity index (χ1n) is 5.76. The van der Waals surface area contributed by atoms with Gasteiger partial charge in [-0.25, -0.2) is 9.31 Å². The van der Waals surface area contributed by atoms with Crippen molar-refractivity contribution in [3.05, 3.63) is 30.1 Å². The molecule has 0 radical (unpaired) electrons. The van der Waals surface area contributed by atoms with E-state index in [1.807, 2.05) is 6.07 Å². The molecular weight excluding hydrogens is 244 g/mol. The number of nitrogens with zero attached hydrogens (tertiary/aromatic N) is 3. The van der Waals surface area contributed by atoms with Crippen molar-refractivity contribution in [1.29, 1.82) is 5.26 Å². The van der Waals surface area contributed by atoms with Crippen LogP contribution in [0.5, 0.6) is 0 Å². The Morgan fingerprint density at radius 2 is 2.26 bits per heavy atom. The number of hydrogen-bond acceptors (Lipinski definition) is 4. The number of fused-ring (bicyclic) bond motifs is 1. The number of aromatic nitrogens is 2. The van der Waals surface area contributed by atoms with Crippen molar-refractivity contribution in [2.75, 3.05) is 5.32 Å². The van der Waals surface area contributed by atoms with E-state index in [9.17, 15) is 4.79 Å². The molecule has 0 aromatic carbocycles. The largest absolute Gasteiger partial charge is 0.444 e. The first kappa shape index (κ1) is 12.9. The van der Waals surface area contributed by atoms with Crippen molar-refractivity contribution in [2.24, 2.45) is 0 Å². The van der Waals surface area contributed by atoms with Crippen molar-refractivity contribution in [2.45, 2.75) is 26.4 Å². The molecule has 0 saturated carbocycles. The van der Waals surface area contributed by atoms with Gasteiger partial charge in [0.15, 0.2) is 0 Å². The molecule has 0 bridgehead atoms. The Kier molecular flexibility index (Phi) is 3.13. The molecule has 0 aliphatic rings. The summed E-state index contributed by atoms with van der Waals surface area (Å²) in [5.74, 6) is 0. The lowest BCUT2D eigenvalue weighted by Crippen LogP contribution is -2.27. The van der Waals surface area contributed by atoms with E-state index < -0.39 is 11.7 Å². The minimum absolute atomic E-state index is 0.452. The smallest absolute Gasteiger partial charge is 0.412 e. The molecule has 2 heterocycles. The minimum atomic E-state index is -0.553. The van der Waals surface area contributed by atoms with E-state index in [1.54, 1.807) is 43.6 Å². The van der Waals surface area contributed by atoms with Gasteiger partial charge in [0.05, 0.1) is 17.3 Å². The van der Waals surface area contributed by atoms with Crippen LogP contribution in [0.2, 0.25) is 0 Å². The number of pyridine rings is 1. The van der Waals surface area contributed by atoms with Crippen LogP contribution in [0.1, 0.15) is 26.3 Å². The molecule has 6 nitrogen and oxygen atoms in total. The quantitative estimate of drug-likeness (QED) is 0.852. The van der Waals surface area contributed by atoms with Crippen molar-refractivity contribution in [3.8, 4) is 6.07 Å². The number of hydrogen-bond donors (Lipinski definition) is 1. The second-order valence-electron chi connectivity index (χ2n) is 5.04. The summed E-state index contributed by atoms with van der Waals surface area (Å²) in [6.45, 7) is 5.38. The predicted octanol–water partition coefficient (Wildman–Crippen LogP) is 2.55. The molecule has 19 heavy (non-hydrogen) atoms. The van der Waals surface area contributed by atoms with Crippen LogP contribution in [0.15, 0.2) is 24.5 Å². The van der Waals surface area contributed by atoms with Gasteiger partial charge in [-0.05, 0) is 32.9 Å². The third kappa shape index (κ3) is 3.01. The van der Waals surface area contributed by atoms with E-state index in [0.717, 1.165) is 0 Å². The summed E-state index contributed by atoms with van der Waals surface area (Å²) < 4.78 is 6.72. The highest BCUT2D eigenvalue weighted by molar-refractivity contribution is 5.86. The van der Waals surface area contributed by atoms with E-state index in [2.05, 4.69) is 10.4 Å². The van der Waals surface area contributed by atoms with Gasteiger partial charge in [-0.2, -0.15) is 10.4 Å². The molecule has 1 N–H and O–H groups in total. The summed E-state index contributed by atoms with van der Waals surface area (Å²) in [4.78, 5) is 11.6. The van der Waals surface area contributed by atoms with Crippen LogP contribution in [0.4, 0.5) is 10.5 Å². The fourth-order valence-electron chi connectivity index (χ4n) is 1.57. The third-order valence-electron chi connectivity index (χ3n) is 2.29. The Morgan fingerprint density at radius 3 is 2.89 bits per heavy atom. The van der Waals surface area contributed by atoms with Crippen molar-refractivity contribution in [1.82, 2.24) is 9.61 Å². The predicted molar refractivity (Wildman–Crippen MR) is 69.8 cm³/mol. The van der Waals surface area contributed by atoms with Gasteiger partial charge in [0.1, 0.15) is 11.7 Å². The number of rotatable bonds is 1. The molecule has 0 aliphatic carbocycles. The monoisotopic (exact) mass is 258 g/mol. The molecule has 2 rings (SSSR count). The second kappa shape index (κ2) is 4.61. The molecule has 98 valence electrons. The fraction of sp³-hybridized carbons (Fsp3) is 0.308. The van der Waals surface area contributed by atoms with Crippen LogP contribution in [0.3, 0.4) is 0 Å². The standard InChI is InChI=1S/C13H14N4O2/c1-13(2,3)19-12(18)16-10-4-5-17-11(6-10)9(7-14)8-15-17/h4-6,8H,1-3H3,(H,16,18). The molecule has 0 aliphatic heterocycles. The Morgan fingerprint density at radius 1 is 1.53 bits per heavy atom. The number of nitriles is 1. The first-order valence-corrected chi connectivity index (χ1v) is 5.76.